The monoisotopic (exact) mass is 297 g/mol. The Kier molecular flexibility index (Phi) is 4.27. The number of pyridine rings is 1. The zero-order valence-corrected chi connectivity index (χ0v) is 13.2. The molecule has 0 radical (unpaired) electrons. The van der Waals surface area contributed by atoms with Gasteiger partial charge in [0.2, 0.25) is 0 Å². The summed E-state index contributed by atoms with van der Waals surface area (Å²) in [5, 5.41) is 1.19. The zero-order chi connectivity index (χ0) is 14.7. The second kappa shape index (κ2) is 6.33. The van der Waals surface area contributed by atoms with E-state index in [2.05, 4.69) is 54.2 Å². The molecule has 0 unspecified atom stereocenters. The smallest absolute Gasteiger partial charge is 0.111 e. The summed E-state index contributed by atoms with van der Waals surface area (Å²) >= 11 is 1.79. The molecule has 2 heterocycles. The minimum atomic E-state index is 0.337. The van der Waals surface area contributed by atoms with Gasteiger partial charge in [0.1, 0.15) is 5.01 Å². The lowest BCUT2D eigenvalue weighted by atomic mass is 10.2. The van der Waals surface area contributed by atoms with E-state index in [4.69, 9.17) is 4.98 Å². The largest absolute Gasteiger partial charge is 0.297 e. The first-order valence-corrected chi connectivity index (χ1v) is 8.00. The SMILES string of the molecule is C[C@@H](c1nc2ccccc2s1)N(C)CCc1ccncc1. The summed E-state index contributed by atoms with van der Waals surface area (Å²) < 4.78 is 1.27. The highest BCUT2D eigenvalue weighted by Gasteiger charge is 2.15. The molecule has 108 valence electrons. The number of thiazole rings is 1. The standard InChI is InChI=1S/C17H19N3S/c1-13(17-19-15-5-3-4-6-16(15)21-17)20(2)12-9-14-7-10-18-11-8-14/h3-8,10-11,13H,9,12H2,1-2H3/t13-/m0/s1. The van der Waals surface area contributed by atoms with Crippen molar-refractivity contribution in [3.8, 4) is 0 Å². The summed E-state index contributed by atoms with van der Waals surface area (Å²) in [7, 11) is 2.16. The molecule has 0 fully saturated rings. The maximum absolute atomic E-state index is 4.76. The molecule has 0 N–H and O–H groups in total. The van der Waals surface area contributed by atoms with Gasteiger partial charge in [0, 0.05) is 18.9 Å². The molecule has 21 heavy (non-hydrogen) atoms. The minimum Gasteiger partial charge on any atom is -0.297 e. The highest BCUT2D eigenvalue weighted by molar-refractivity contribution is 7.18. The van der Waals surface area contributed by atoms with E-state index >= 15 is 0 Å². The molecule has 0 saturated carbocycles. The average Bonchev–Trinajstić information content (AvgIpc) is 2.97. The van der Waals surface area contributed by atoms with Gasteiger partial charge < -0.3 is 0 Å². The number of para-hydroxylation sites is 1. The van der Waals surface area contributed by atoms with Crippen molar-refractivity contribution in [3.05, 3.63) is 59.4 Å². The first-order valence-electron chi connectivity index (χ1n) is 7.18. The van der Waals surface area contributed by atoms with Crippen molar-refractivity contribution in [3.63, 3.8) is 0 Å². The van der Waals surface area contributed by atoms with Crippen molar-refractivity contribution in [2.75, 3.05) is 13.6 Å². The zero-order valence-electron chi connectivity index (χ0n) is 12.4. The second-order valence-electron chi connectivity index (χ2n) is 5.28. The van der Waals surface area contributed by atoms with E-state index in [-0.39, 0.29) is 0 Å². The number of benzene rings is 1. The topological polar surface area (TPSA) is 29.0 Å². The molecule has 0 saturated heterocycles. The van der Waals surface area contributed by atoms with Gasteiger partial charge in [0.25, 0.3) is 0 Å². The van der Waals surface area contributed by atoms with E-state index < -0.39 is 0 Å². The van der Waals surface area contributed by atoms with Crippen LogP contribution in [0.25, 0.3) is 10.2 Å². The fourth-order valence-electron chi connectivity index (χ4n) is 2.31. The van der Waals surface area contributed by atoms with Crippen LogP contribution in [0.4, 0.5) is 0 Å². The summed E-state index contributed by atoms with van der Waals surface area (Å²) in [6.45, 7) is 3.24. The summed E-state index contributed by atoms with van der Waals surface area (Å²) in [6, 6.07) is 12.8. The fourth-order valence-corrected chi connectivity index (χ4v) is 3.39. The lowest BCUT2D eigenvalue weighted by Crippen LogP contribution is -2.24. The van der Waals surface area contributed by atoms with Crippen molar-refractivity contribution in [2.45, 2.75) is 19.4 Å². The van der Waals surface area contributed by atoms with Gasteiger partial charge in [-0.2, -0.15) is 0 Å². The van der Waals surface area contributed by atoms with E-state index in [1.165, 1.54) is 15.3 Å². The van der Waals surface area contributed by atoms with Crippen LogP contribution in [0.15, 0.2) is 48.8 Å². The molecule has 0 aliphatic heterocycles. The van der Waals surface area contributed by atoms with Crippen LogP contribution in [0.1, 0.15) is 23.5 Å². The Morgan fingerprint density at radius 1 is 1.14 bits per heavy atom. The van der Waals surface area contributed by atoms with Gasteiger partial charge in [-0.25, -0.2) is 4.98 Å². The average molecular weight is 297 g/mol. The Labute approximate surface area is 129 Å². The Morgan fingerprint density at radius 2 is 1.90 bits per heavy atom. The highest BCUT2D eigenvalue weighted by Crippen LogP contribution is 2.28. The number of hydrogen-bond donors (Lipinski definition) is 0. The van der Waals surface area contributed by atoms with Crippen molar-refractivity contribution in [1.29, 1.82) is 0 Å². The maximum Gasteiger partial charge on any atom is 0.111 e. The lowest BCUT2D eigenvalue weighted by Gasteiger charge is -2.22. The second-order valence-corrected chi connectivity index (χ2v) is 6.34. The van der Waals surface area contributed by atoms with Gasteiger partial charge in [0.05, 0.1) is 16.3 Å². The van der Waals surface area contributed by atoms with E-state index in [0.717, 1.165) is 18.5 Å². The van der Waals surface area contributed by atoms with Gasteiger partial charge in [-0.15, -0.1) is 11.3 Å². The quantitative estimate of drug-likeness (QED) is 0.714. The Morgan fingerprint density at radius 3 is 2.67 bits per heavy atom. The van der Waals surface area contributed by atoms with Gasteiger partial charge in [0.15, 0.2) is 0 Å². The number of fused-ring (bicyclic) bond motifs is 1. The number of aromatic nitrogens is 2. The predicted octanol–water partition coefficient (Wildman–Crippen LogP) is 3.93. The van der Waals surface area contributed by atoms with Crippen LogP contribution in [-0.4, -0.2) is 28.5 Å². The van der Waals surface area contributed by atoms with Gasteiger partial charge in [-0.1, -0.05) is 12.1 Å². The van der Waals surface area contributed by atoms with E-state index in [1.54, 1.807) is 11.3 Å². The normalized spacial score (nSPS) is 12.9. The number of rotatable bonds is 5. The van der Waals surface area contributed by atoms with Crippen LogP contribution in [0.3, 0.4) is 0 Å². The van der Waals surface area contributed by atoms with Crippen LogP contribution >= 0.6 is 11.3 Å². The van der Waals surface area contributed by atoms with Gasteiger partial charge >= 0.3 is 0 Å². The summed E-state index contributed by atoms with van der Waals surface area (Å²) in [6.07, 6.45) is 4.74. The number of hydrogen-bond acceptors (Lipinski definition) is 4. The van der Waals surface area contributed by atoms with Crippen molar-refractivity contribution < 1.29 is 0 Å². The van der Waals surface area contributed by atoms with Gasteiger partial charge in [-0.05, 0) is 50.2 Å². The first kappa shape index (κ1) is 14.2. The third-order valence-electron chi connectivity index (χ3n) is 3.83. The van der Waals surface area contributed by atoms with Crippen LogP contribution < -0.4 is 0 Å². The Balaban J connectivity index is 1.67. The van der Waals surface area contributed by atoms with Crippen molar-refractivity contribution in [2.24, 2.45) is 0 Å². The van der Waals surface area contributed by atoms with E-state index in [0.29, 0.717) is 6.04 Å². The van der Waals surface area contributed by atoms with Gasteiger partial charge in [-0.3, -0.25) is 9.88 Å². The molecule has 0 amide bonds. The van der Waals surface area contributed by atoms with Crippen LogP contribution in [0, 0.1) is 0 Å². The number of nitrogens with zero attached hydrogens (tertiary/aromatic N) is 3. The molecular weight excluding hydrogens is 278 g/mol. The Bertz CT molecular complexity index is 675. The van der Waals surface area contributed by atoms with Crippen LogP contribution in [0.2, 0.25) is 0 Å². The molecule has 3 rings (SSSR count). The molecule has 4 heteroatoms. The summed E-state index contributed by atoms with van der Waals surface area (Å²) in [5.74, 6) is 0. The molecule has 0 bridgehead atoms. The van der Waals surface area contributed by atoms with E-state index in [9.17, 15) is 0 Å². The molecule has 3 nitrogen and oxygen atoms in total. The third kappa shape index (κ3) is 3.28. The summed E-state index contributed by atoms with van der Waals surface area (Å²) in [5.41, 5.74) is 2.43. The maximum atomic E-state index is 4.76. The molecule has 0 spiro atoms. The molecule has 0 aliphatic rings. The Hall–Kier alpha value is -1.78. The first-order chi connectivity index (χ1) is 10.2. The molecular formula is C17H19N3S. The molecule has 3 aromatic rings. The van der Waals surface area contributed by atoms with Crippen LogP contribution in [-0.2, 0) is 6.42 Å². The molecule has 1 atom stereocenters. The molecule has 2 aromatic heterocycles. The minimum absolute atomic E-state index is 0.337. The predicted molar refractivity (Wildman–Crippen MR) is 88.6 cm³/mol. The van der Waals surface area contributed by atoms with Crippen molar-refractivity contribution >= 4 is 21.6 Å². The molecule has 1 aromatic carbocycles. The number of likely N-dealkylation sites (N-methyl/N-ethyl adjacent to an activating group) is 1. The molecule has 0 aliphatic carbocycles. The third-order valence-corrected chi connectivity index (χ3v) is 5.04. The van der Waals surface area contributed by atoms with E-state index in [1.807, 2.05) is 18.5 Å². The van der Waals surface area contributed by atoms with Crippen molar-refractivity contribution in [1.82, 2.24) is 14.9 Å². The fraction of sp³-hybridized carbons (Fsp3) is 0.294. The lowest BCUT2D eigenvalue weighted by molar-refractivity contribution is 0.264. The highest BCUT2D eigenvalue weighted by atomic mass is 32.1. The van der Waals surface area contributed by atoms with Crippen LogP contribution in [0.5, 0.6) is 0 Å². The summed E-state index contributed by atoms with van der Waals surface area (Å²) in [4.78, 5) is 11.2.